The molecule has 1 aliphatic carbocycles. The van der Waals surface area contributed by atoms with Gasteiger partial charge in [0, 0.05) is 19.1 Å². The second-order valence-corrected chi connectivity index (χ2v) is 7.35. The van der Waals surface area contributed by atoms with E-state index in [-0.39, 0.29) is 6.04 Å². The lowest BCUT2D eigenvalue weighted by molar-refractivity contribution is -0.140. The predicted molar refractivity (Wildman–Crippen MR) is 64.1 cm³/mol. The first-order valence-corrected chi connectivity index (χ1v) is 7.91. The van der Waals surface area contributed by atoms with Gasteiger partial charge in [-0.15, -0.1) is 0 Å². The maximum Gasteiger partial charge on any atom is 0.322 e. The van der Waals surface area contributed by atoms with Gasteiger partial charge in [0.2, 0.25) is 0 Å². The predicted octanol–water partition coefficient (Wildman–Crippen LogP) is 0.264. The van der Waals surface area contributed by atoms with Crippen molar-refractivity contribution in [2.75, 3.05) is 13.1 Å². The van der Waals surface area contributed by atoms with Crippen molar-refractivity contribution >= 4 is 16.2 Å². The lowest BCUT2D eigenvalue weighted by Crippen LogP contribution is -2.50. The highest BCUT2D eigenvalue weighted by Crippen LogP contribution is 2.40. The molecule has 0 aromatic carbocycles. The highest BCUT2D eigenvalue weighted by Gasteiger charge is 2.49. The normalized spacial score (nSPS) is 37.4. The molecule has 0 amide bonds. The number of aliphatic carboxylic acids is 1. The maximum absolute atomic E-state index is 12.5. The highest BCUT2D eigenvalue weighted by atomic mass is 32.2. The largest absolute Gasteiger partial charge is 0.480 e. The quantitative estimate of drug-likeness (QED) is 0.801. The van der Waals surface area contributed by atoms with Crippen LogP contribution in [0.25, 0.3) is 0 Å². The Balaban J connectivity index is 1.84. The third-order valence-corrected chi connectivity index (χ3v) is 6.51. The first-order valence-electron chi connectivity index (χ1n) is 6.51. The molecule has 3 fully saturated rings. The average Bonchev–Trinajstić information content (AvgIpc) is 3.04. The van der Waals surface area contributed by atoms with Crippen LogP contribution in [0.1, 0.15) is 32.1 Å². The third-order valence-electron chi connectivity index (χ3n) is 4.44. The van der Waals surface area contributed by atoms with Crippen molar-refractivity contribution in [3.63, 3.8) is 0 Å². The summed E-state index contributed by atoms with van der Waals surface area (Å²) in [6.07, 6.45) is 4.05. The summed E-state index contributed by atoms with van der Waals surface area (Å²) in [7, 11) is -3.58. The molecule has 3 aliphatic rings. The van der Waals surface area contributed by atoms with E-state index in [9.17, 15) is 13.2 Å². The molecule has 3 unspecified atom stereocenters. The van der Waals surface area contributed by atoms with E-state index in [2.05, 4.69) is 0 Å². The van der Waals surface area contributed by atoms with Crippen LogP contribution in [0.2, 0.25) is 0 Å². The minimum atomic E-state index is -3.58. The van der Waals surface area contributed by atoms with Crippen molar-refractivity contribution < 1.29 is 18.3 Å². The van der Waals surface area contributed by atoms with E-state index >= 15 is 0 Å². The third kappa shape index (κ3) is 1.76. The zero-order chi connectivity index (χ0) is 12.9. The molecule has 0 aromatic heterocycles. The van der Waals surface area contributed by atoms with Crippen LogP contribution < -0.4 is 0 Å². The summed E-state index contributed by atoms with van der Waals surface area (Å²) in [6, 6.07) is -0.760. The number of hydrogen-bond acceptors (Lipinski definition) is 3. The Morgan fingerprint density at radius 2 is 1.94 bits per heavy atom. The van der Waals surface area contributed by atoms with Crippen molar-refractivity contribution in [2.24, 2.45) is 5.92 Å². The van der Waals surface area contributed by atoms with Gasteiger partial charge in [0.25, 0.3) is 10.2 Å². The Hall–Kier alpha value is -0.660. The fourth-order valence-corrected chi connectivity index (χ4v) is 5.67. The number of hydrogen-bond donors (Lipinski definition) is 1. The van der Waals surface area contributed by atoms with Crippen LogP contribution in [0.5, 0.6) is 0 Å². The Morgan fingerprint density at radius 3 is 2.50 bits per heavy atom. The molecule has 3 rings (SSSR count). The van der Waals surface area contributed by atoms with Crippen LogP contribution >= 0.6 is 0 Å². The topological polar surface area (TPSA) is 77.9 Å². The van der Waals surface area contributed by atoms with E-state index in [4.69, 9.17) is 5.11 Å². The van der Waals surface area contributed by atoms with E-state index in [1.54, 1.807) is 4.31 Å². The summed E-state index contributed by atoms with van der Waals surface area (Å²) in [5.41, 5.74) is 0. The minimum Gasteiger partial charge on any atom is -0.480 e. The first-order chi connectivity index (χ1) is 8.50. The fraction of sp³-hybridized carbons (Fsp3) is 0.909. The molecule has 102 valence electrons. The standard InChI is InChI=1S/C11H18N2O4S/c14-11(15)10-2-1-5-12(10)18(16,17)13-7-8-3-4-9(13)6-8/h8-10H,1-7H2,(H,14,15). The molecule has 2 aliphatic heterocycles. The van der Waals surface area contributed by atoms with Crippen molar-refractivity contribution in [1.29, 1.82) is 0 Å². The second kappa shape index (κ2) is 4.18. The molecular weight excluding hydrogens is 256 g/mol. The minimum absolute atomic E-state index is 0.107. The highest BCUT2D eigenvalue weighted by molar-refractivity contribution is 7.86. The molecular formula is C11H18N2O4S. The summed E-state index contributed by atoms with van der Waals surface area (Å²) in [4.78, 5) is 11.1. The molecule has 2 bridgehead atoms. The number of carboxylic acids is 1. The van der Waals surface area contributed by atoms with Gasteiger partial charge in [0.15, 0.2) is 0 Å². The van der Waals surface area contributed by atoms with Gasteiger partial charge in [0.05, 0.1) is 0 Å². The molecule has 1 N–H and O–H groups in total. The molecule has 7 heteroatoms. The molecule has 6 nitrogen and oxygen atoms in total. The molecule has 0 radical (unpaired) electrons. The van der Waals surface area contributed by atoms with Crippen molar-refractivity contribution in [3.05, 3.63) is 0 Å². The summed E-state index contributed by atoms with van der Waals surface area (Å²) in [5, 5.41) is 9.10. The monoisotopic (exact) mass is 274 g/mol. The fourth-order valence-electron chi connectivity index (χ4n) is 3.56. The van der Waals surface area contributed by atoms with Crippen molar-refractivity contribution in [2.45, 2.75) is 44.2 Å². The van der Waals surface area contributed by atoms with Gasteiger partial charge in [-0.3, -0.25) is 4.79 Å². The Kier molecular flexibility index (Phi) is 2.87. The van der Waals surface area contributed by atoms with Crippen LogP contribution in [0, 0.1) is 5.92 Å². The second-order valence-electron chi connectivity index (χ2n) is 5.52. The zero-order valence-electron chi connectivity index (χ0n) is 10.2. The van der Waals surface area contributed by atoms with Gasteiger partial charge in [-0.25, -0.2) is 0 Å². The molecule has 1 saturated carbocycles. The summed E-state index contributed by atoms with van der Waals surface area (Å²) < 4.78 is 27.8. The number of piperidine rings is 1. The molecule has 2 heterocycles. The molecule has 0 aromatic rings. The lowest BCUT2D eigenvalue weighted by Gasteiger charge is -2.32. The van der Waals surface area contributed by atoms with E-state index < -0.39 is 22.2 Å². The zero-order valence-corrected chi connectivity index (χ0v) is 11.0. The van der Waals surface area contributed by atoms with Crippen LogP contribution in [0.4, 0.5) is 0 Å². The maximum atomic E-state index is 12.5. The summed E-state index contributed by atoms with van der Waals surface area (Å²) >= 11 is 0. The van der Waals surface area contributed by atoms with Gasteiger partial charge in [0.1, 0.15) is 6.04 Å². The molecule has 18 heavy (non-hydrogen) atoms. The van der Waals surface area contributed by atoms with E-state index in [1.165, 1.54) is 4.31 Å². The smallest absolute Gasteiger partial charge is 0.322 e. The Labute approximate surface area is 107 Å². The van der Waals surface area contributed by atoms with Gasteiger partial charge in [-0.05, 0) is 38.0 Å². The Morgan fingerprint density at radius 1 is 1.17 bits per heavy atom. The summed E-state index contributed by atoms with van der Waals surface area (Å²) in [5.74, 6) is -0.545. The van der Waals surface area contributed by atoms with E-state index in [0.29, 0.717) is 31.8 Å². The number of carboxylic acid groups (broad SMARTS) is 1. The SMILES string of the molecule is O=C(O)C1CCCN1S(=O)(=O)N1CC2CCC1C2. The molecule has 0 spiro atoms. The van der Waals surface area contributed by atoms with Crippen LogP contribution in [0.15, 0.2) is 0 Å². The van der Waals surface area contributed by atoms with Gasteiger partial charge in [-0.2, -0.15) is 17.0 Å². The first kappa shape index (κ1) is 12.4. The lowest BCUT2D eigenvalue weighted by atomic mass is 10.1. The van der Waals surface area contributed by atoms with Crippen LogP contribution in [0.3, 0.4) is 0 Å². The Bertz CT molecular complexity index is 464. The van der Waals surface area contributed by atoms with E-state index in [1.807, 2.05) is 0 Å². The van der Waals surface area contributed by atoms with E-state index in [0.717, 1.165) is 19.3 Å². The van der Waals surface area contributed by atoms with Crippen molar-refractivity contribution in [3.8, 4) is 0 Å². The average molecular weight is 274 g/mol. The van der Waals surface area contributed by atoms with Gasteiger partial charge >= 0.3 is 5.97 Å². The molecule has 2 saturated heterocycles. The number of nitrogens with zero attached hydrogens (tertiary/aromatic N) is 2. The summed E-state index contributed by atoms with van der Waals surface area (Å²) in [6.45, 7) is 0.920. The van der Waals surface area contributed by atoms with Crippen LogP contribution in [-0.4, -0.2) is 53.3 Å². The number of carbonyl (C=O) groups is 1. The van der Waals surface area contributed by atoms with Gasteiger partial charge < -0.3 is 5.11 Å². The van der Waals surface area contributed by atoms with Crippen LogP contribution in [-0.2, 0) is 15.0 Å². The molecule has 3 atom stereocenters. The van der Waals surface area contributed by atoms with Gasteiger partial charge in [-0.1, -0.05) is 0 Å². The number of fused-ring (bicyclic) bond motifs is 2. The van der Waals surface area contributed by atoms with Crippen molar-refractivity contribution in [1.82, 2.24) is 8.61 Å². The number of rotatable bonds is 3.